The highest BCUT2D eigenvalue weighted by atomic mass is 16.6. The lowest BCUT2D eigenvalue weighted by molar-refractivity contribution is -0.384. The molecule has 4 rings (SSSR count). The predicted molar refractivity (Wildman–Crippen MR) is 114 cm³/mol. The van der Waals surface area contributed by atoms with Crippen LogP contribution < -0.4 is 0 Å². The normalized spacial score (nSPS) is 17.7. The van der Waals surface area contributed by atoms with Gasteiger partial charge in [0, 0.05) is 24.2 Å². The molecule has 0 spiro atoms. The van der Waals surface area contributed by atoms with Crippen LogP contribution in [0.5, 0.6) is 0 Å². The van der Waals surface area contributed by atoms with Crippen molar-refractivity contribution < 1.29 is 19.6 Å². The van der Waals surface area contributed by atoms with E-state index < -0.39 is 22.7 Å². The van der Waals surface area contributed by atoms with Gasteiger partial charge in [-0.05, 0) is 23.3 Å². The number of rotatable bonds is 5. The zero-order chi connectivity index (χ0) is 22.0. The number of amides is 1. The Morgan fingerprint density at radius 3 is 2.06 bits per heavy atom. The number of carbonyl (C=O) groups is 2. The minimum Gasteiger partial charge on any atom is -0.507 e. The summed E-state index contributed by atoms with van der Waals surface area (Å²) in [6, 6.07) is 22.7. The molecular formula is C24H18N2O5. The van der Waals surface area contributed by atoms with Crippen LogP contribution >= 0.6 is 0 Å². The standard InChI is InChI=1S/C24H18N2O5/c27-22(18-11-13-19(14-12-18)26(30)31)20-21(17-9-5-2-6-10-17)25(24(29)23(20)28)15-16-7-3-1-4-8-16/h1-14,21,27H,15H2/b22-20+/t21-/m1/s1. The van der Waals surface area contributed by atoms with E-state index in [-0.39, 0.29) is 29.1 Å². The average molecular weight is 414 g/mol. The summed E-state index contributed by atoms with van der Waals surface area (Å²) in [5.41, 5.74) is 1.58. The van der Waals surface area contributed by atoms with Crippen LogP contribution in [-0.2, 0) is 16.1 Å². The van der Waals surface area contributed by atoms with Crippen molar-refractivity contribution in [2.24, 2.45) is 0 Å². The van der Waals surface area contributed by atoms with Gasteiger partial charge in [-0.3, -0.25) is 19.7 Å². The molecule has 0 saturated carbocycles. The van der Waals surface area contributed by atoms with E-state index in [2.05, 4.69) is 0 Å². The number of ketones is 1. The predicted octanol–water partition coefficient (Wildman–Crippen LogP) is 4.22. The molecule has 1 atom stereocenters. The van der Waals surface area contributed by atoms with Gasteiger partial charge in [0.1, 0.15) is 5.76 Å². The van der Waals surface area contributed by atoms with Crippen LogP contribution in [0.2, 0.25) is 0 Å². The summed E-state index contributed by atoms with van der Waals surface area (Å²) in [5, 5.41) is 21.9. The van der Waals surface area contributed by atoms with Gasteiger partial charge >= 0.3 is 0 Å². The first kappa shape index (κ1) is 20.0. The van der Waals surface area contributed by atoms with Gasteiger partial charge in [0.15, 0.2) is 0 Å². The molecule has 1 fully saturated rings. The first-order valence-corrected chi connectivity index (χ1v) is 9.59. The van der Waals surface area contributed by atoms with Gasteiger partial charge in [-0.2, -0.15) is 0 Å². The van der Waals surface area contributed by atoms with Crippen LogP contribution in [0.3, 0.4) is 0 Å². The second kappa shape index (κ2) is 8.23. The zero-order valence-corrected chi connectivity index (χ0v) is 16.3. The number of carbonyl (C=O) groups excluding carboxylic acids is 2. The number of hydrogen-bond acceptors (Lipinski definition) is 5. The van der Waals surface area contributed by atoms with Crippen LogP contribution in [-0.4, -0.2) is 26.6 Å². The van der Waals surface area contributed by atoms with Gasteiger partial charge in [0.05, 0.1) is 16.5 Å². The van der Waals surface area contributed by atoms with E-state index in [9.17, 15) is 24.8 Å². The number of Topliss-reactive ketones (excluding diaryl/α,β-unsaturated/α-hetero) is 1. The number of nitro benzene ring substituents is 1. The zero-order valence-electron chi connectivity index (χ0n) is 16.3. The Bertz CT molecular complexity index is 1170. The van der Waals surface area contributed by atoms with Crippen molar-refractivity contribution in [3.05, 3.63) is 117 Å². The van der Waals surface area contributed by atoms with Gasteiger partial charge < -0.3 is 10.0 Å². The van der Waals surface area contributed by atoms with Gasteiger partial charge in [-0.15, -0.1) is 0 Å². The highest BCUT2D eigenvalue weighted by Crippen LogP contribution is 2.40. The molecule has 1 amide bonds. The Labute approximate surface area is 178 Å². The third-order valence-corrected chi connectivity index (χ3v) is 5.20. The highest BCUT2D eigenvalue weighted by Gasteiger charge is 2.46. The van der Waals surface area contributed by atoms with E-state index in [4.69, 9.17) is 0 Å². The first-order valence-electron chi connectivity index (χ1n) is 9.59. The number of non-ortho nitro benzene ring substituents is 1. The van der Waals surface area contributed by atoms with E-state index in [0.29, 0.717) is 5.56 Å². The van der Waals surface area contributed by atoms with Crippen molar-refractivity contribution in [1.82, 2.24) is 4.90 Å². The molecule has 1 heterocycles. The van der Waals surface area contributed by atoms with E-state index in [1.807, 2.05) is 36.4 Å². The Kier molecular flexibility index (Phi) is 5.32. The monoisotopic (exact) mass is 414 g/mol. The number of aliphatic hydroxyl groups is 1. The fourth-order valence-electron chi connectivity index (χ4n) is 3.70. The molecule has 0 aliphatic carbocycles. The van der Waals surface area contributed by atoms with E-state index in [1.165, 1.54) is 29.2 Å². The summed E-state index contributed by atoms with van der Waals surface area (Å²) < 4.78 is 0. The number of hydrogen-bond donors (Lipinski definition) is 1. The molecule has 0 aromatic heterocycles. The fourth-order valence-corrected chi connectivity index (χ4v) is 3.70. The van der Waals surface area contributed by atoms with Crippen molar-refractivity contribution in [1.29, 1.82) is 0 Å². The maximum Gasteiger partial charge on any atom is 0.295 e. The van der Waals surface area contributed by atoms with Crippen LogP contribution in [0.1, 0.15) is 22.7 Å². The largest absolute Gasteiger partial charge is 0.507 e. The molecule has 3 aromatic carbocycles. The maximum atomic E-state index is 13.0. The number of nitrogens with zero attached hydrogens (tertiary/aromatic N) is 2. The summed E-state index contributed by atoms with van der Waals surface area (Å²) in [6.07, 6.45) is 0. The smallest absolute Gasteiger partial charge is 0.295 e. The van der Waals surface area contributed by atoms with Crippen molar-refractivity contribution in [3.63, 3.8) is 0 Å². The SMILES string of the molecule is O=C1C(=O)N(Cc2ccccc2)[C@H](c2ccccc2)/C1=C(\O)c1ccc([N+](=O)[O-])cc1. The Morgan fingerprint density at radius 1 is 0.903 bits per heavy atom. The molecule has 7 heteroatoms. The fraction of sp³-hybridized carbons (Fsp3) is 0.0833. The van der Waals surface area contributed by atoms with E-state index in [0.717, 1.165) is 5.56 Å². The Morgan fingerprint density at radius 2 is 1.48 bits per heavy atom. The van der Waals surface area contributed by atoms with Crippen LogP contribution in [0.15, 0.2) is 90.5 Å². The van der Waals surface area contributed by atoms with Gasteiger partial charge in [-0.1, -0.05) is 60.7 Å². The summed E-state index contributed by atoms with van der Waals surface area (Å²) >= 11 is 0. The summed E-state index contributed by atoms with van der Waals surface area (Å²) in [5.74, 6) is -1.86. The van der Waals surface area contributed by atoms with Crippen molar-refractivity contribution in [2.75, 3.05) is 0 Å². The minimum absolute atomic E-state index is 0.0408. The van der Waals surface area contributed by atoms with Gasteiger partial charge in [0.25, 0.3) is 17.4 Å². The number of benzene rings is 3. The number of nitro groups is 1. The maximum absolute atomic E-state index is 13.0. The lowest BCUT2D eigenvalue weighted by Crippen LogP contribution is -2.29. The molecule has 154 valence electrons. The minimum atomic E-state index is -0.791. The van der Waals surface area contributed by atoms with Gasteiger partial charge in [0.2, 0.25) is 0 Å². The summed E-state index contributed by atoms with van der Waals surface area (Å²) in [7, 11) is 0. The van der Waals surface area contributed by atoms with Crippen molar-refractivity contribution in [2.45, 2.75) is 12.6 Å². The first-order chi connectivity index (χ1) is 15.0. The second-order valence-corrected chi connectivity index (χ2v) is 7.13. The topological polar surface area (TPSA) is 101 Å². The molecule has 0 radical (unpaired) electrons. The van der Waals surface area contributed by atoms with Crippen molar-refractivity contribution in [3.8, 4) is 0 Å². The third kappa shape index (κ3) is 3.81. The summed E-state index contributed by atoms with van der Waals surface area (Å²) in [6.45, 7) is 0.196. The lowest BCUT2D eigenvalue weighted by Gasteiger charge is -2.25. The molecule has 3 aromatic rings. The molecule has 1 aliphatic rings. The molecule has 7 nitrogen and oxygen atoms in total. The molecule has 0 unspecified atom stereocenters. The molecule has 31 heavy (non-hydrogen) atoms. The Balaban J connectivity index is 1.83. The van der Waals surface area contributed by atoms with E-state index in [1.54, 1.807) is 24.3 Å². The highest BCUT2D eigenvalue weighted by molar-refractivity contribution is 6.46. The molecule has 0 bridgehead atoms. The Hall–Kier alpha value is -4.26. The van der Waals surface area contributed by atoms with Gasteiger partial charge in [-0.25, -0.2) is 0 Å². The number of likely N-dealkylation sites (tertiary alicyclic amines) is 1. The van der Waals surface area contributed by atoms with Crippen LogP contribution in [0.4, 0.5) is 5.69 Å². The summed E-state index contributed by atoms with van der Waals surface area (Å²) in [4.78, 5) is 37.7. The molecule has 1 N–H and O–H groups in total. The third-order valence-electron chi connectivity index (χ3n) is 5.20. The van der Waals surface area contributed by atoms with Crippen molar-refractivity contribution >= 4 is 23.1 Å². The quantitative estimate of drug-likeness (QED) is 0.222. The second-order valence-electron chi connectivity index (χ2n) is 7.13. The van der Waals surface area contributed by atoms with Crippen LogP contribution in [0.25, 0.3) is 5.76 Å². The van der Waals surface area contributed by atoms with E-state index >= 15 is 0 Å². The lowest BCUT2D eigenvalue weighted by atomic mass is 9.95. The molecular weight excluding hydrogens is 396 g/mol. The van der Waals surface area contributed by atoms with Crippen LogP contribution in [0, 0.1) is 10.1 Å². The number of aliphatic hydroxyl groups excluding tert-OH is 1. The molecule has 1 saturated heterocycles. The average Bonchev–Trinajstić information content (AvgIpc) is 3.05. The molecule has 1 aliphatic heterocycles.